The lowest BCUT2D eigenvalue weighted by Gasteiger charge is -2.27. The van der Waals surface area contributed by atoms with Gasteiger partial charge in [0.05, 0.1) is 11.4 Å². The third kappa shape index (κ3) is 8.78. The molecular formula is C19H35IN4O2S. The van der Waals surface area contributed by atoms with Gasteiger partial charge in [-0.15, -0.1) is 24.0 Å². The van der Waals surface area contributed by atoms with Crippen molar-refractivity contribution in [3.63, 3.8) is 0 Å². The molecule has 0 radical (unpaired) electrons. The Labute approximate surface area is 182 Å². The Balaban J connectivity index is 0.00000676. The van der Waals surface area contributed by atoms with Crippen LogP contribution in [0.15, 0.2) is 28.1 Å². The van der Waals surface area contributed by atoms with Gasteiger partial charge >= 0.3 is 0 Å². The molecule has 6 nitrogen and oxygen atoms in total. The van der Waals surface area contributed by atoms with E-state index in [2.05, 4.69) is 41.3 Å². The molecule has 1 rings (SSSR count). The Morgan fingerprint density at radius 1 is 1.19 bits per heavy atom. The average molecular weight is 510 g/mol. The van der Waals surface area contributed by atoms with Crippen LogP contribution in [-0.4, -0.2) is 57.8 Å². The van der Waals surface area contributed by atoms with E-state index < -0.39 is 9.84 Å². The standard InChI is InChI=1S/C19H34N4O2S.HI/c1-7-20-19(21-13-16(5)23(8-2)9-3)22-14-17-10-11-18(15(4)12-17)26(6,24)25;/h10-12,16H,7-9,13-14H2,1-6H3,(H2,20,21,22);1H. The van der Waals surface area contributed by atoms with Crippen LogP contribution in [0.2, 0.25) is 0 Å². The first-order chi connectivity index (χ1) is 12.2. The van der Waals surface area contributed by atoms with E-state index in [1.165, 1.54) is 6.26 Å². The van der Waals surface area contributed by atoms with Gasteiger partial charge < -0.3 is 10.6 Å². The summed E-state index contributed by atoms with van der Waals surface area (Å²) in [4.78, 5) is 7.40. The number of halogens is 1. The lowest BCUT2D eigenvalue weighted by Crippen LogP contribution is -2.45. The Kier molecular flexibility index (Phi) is 12.2. The molecule has 1 aromatic carbocycles. The van der Waals surface area contributed by atoms with Gasteiger partial charge in [0.25, 0.3) is 0 Å². The van der Waals surface area contributed by atoms with Crippen LogP contribution in [0.5, 0.6) is 0 Å². The normalized spacial score (nSPS) is 13.2. The minimum atomic E-state index is -3.19. The second-order valence-electron chi connectivity index (χ2n) is 6.52. The fourth-order valence-electron chi connectivity index (χ4n) is 2.96. The maximum atomic E-state index is 11.7. The number of nitrogens with one attached hydrogen (secondary N) is 2. The molecule has 1 aromatic rings. The van der Waals surface area contributed by atoms with E-state index in [0.29, 0.717) is 17.5 Å². The molecule has 8 heteroatoms. The van der Waals surface area contributed by atoms with Crippen molar-refractivity contribution in [2.24, 2.45) is 4.99 Å². The minimum absolute atomic E-state index is 0. The number of guanidine groups is 1. The van der Waals surface area contributed by atoms with Crippen molar-refractivity contribution in [2.75, 3.05) is 32.4 Å². The SMILES string of the molecule is CCNC(=NCc1ccc(S(C)(=O)=O)c(C)c1)NCC(C)N(CC)CC.I. The third-order valence-corrected chi connectivity index (χ3v) is 5.66. The summed E-state index contributed by atoms with van der Waals surface area (Å²) in [7, 11) is -3.19. The van der Waals surface area contributed by atoms with Gasteiger partial charge in [0.1, 0.15) is 0 Å². The quantitative estimate of drug-likeness (QED) is 0.304. The van der Waals surface area contributed by atoms with Crippen molar-refractivity contribution in [1.82, 2.24) is 15.5 Å². The molecule has 2 N–H and O–H groups in total. The molecule has 27 heavy (non-hydrogen) atoms. The molecule has 156 valence electrons. The van der Waals surface area contributed by atoms with E-state index in [4.69, 9.17) is 0 Å². The molecule has 0 bridgehead atoms. The van der Waals surface area contributed by atoms with Gasteiger partial charge in [0, 0.05) is 25.4 Å². The summed E-state index contributed by atoms with van der Waals surface area (Å²) in [5, 5.41) is 6.65. The zero-order valence-corrected chi connectivity index (χ0v) is 20.5. The van der Waals surface area contributed by atoms with Crippen LogP contribution in [0.1, 0.15) is 38.8 Å². The van der Waals surface area contributed by atoms with Gasteiger partial charge in [0.2, 0.25) is 0 Å². The van der Waals surface area contributed by atoms with Crippen LogP contribution in [-0.2, 0) is 16.4 Å². The highest BCUT2D eigenvalue weighted by atomic mass is 127. The Bertz CT molecular complexity index is 704. The van der Waals surface area contributed by atoms with Gasteiger partial charge in [-0.25, -0.2) is 13.4 Å². The van der Waals surface area contributed by atoms with E-state index in [1.807, 2.05) is 26.0 Å². The maximum absolute atomic E-state index is 11.7. The fourth-order valence-corrected chi connectivity index (χ4v) is 3.92. The highest BCUT2D eigenvalue weighted by Gasteiger charge is 2.12. The molecule has 0 saturated heterocycles. The van der Waals surface area contributed by atoms with Crippen molar-refractivity contribution < 1.29 is 8.42 Å². The molecule has 0 amide bonds. The molecule has 1 unspecified atom stereocenters. The molecule has 0 aliphatic rings. The fraction of sp³-hybridized carbons (Fsp3) is 0.632. The molecule has 0 aliphatic heterocycles. The van der Waals surface area contributed by atoms with Gasteiger partial charge in [-0.3, -0.25) is 4.90 Å². The molecule has 1 atom stereocenters. The molecule has 0 spiro atoms. The number of sulfone groups is 1. The first-order valence-electron chi connectivity index (χ1n) is 9.28. The lowest BCUT2D eigenvalue weighted by molar-refractivity contribution is 0.231. The predicted octanol–water partition coefficient (Wildman–Crippen LogP) is 2.80. The lowest BCUT2D eigenvalue weighted by atomic mass is 10.1. The van der Waals surface area contributed by atoms with Crippen LogP contribution in [0, 0.1) is 6.92 Å². The third-order valence-electron chi connectivity index (χ3n) is 4.40. The second-order valence-corrected chi connectivity index (χ2v) is 8.50. The number of hydrogen-bond donors (Lipinski definition) is 2. The predicted molar refractivity (Wildman–Crippen MR) is 125 cm³/mol. The van der Waals surface area contributed by atoms with Crippen LogP contribution in [0.3, 0.4) is 0 Å². The average Bonchev–Trinajstić information content (AvgIpc) is 2.57. The van der Waals surface area contributed by atoms with Gasteiger partial charge in [-0.05, 0) is 51.1 Å². The van der Waals surface area contributed by atoms with E-state index in [0.717, 1.165) is 43.3 Å². The largest absolute Gasteiger partial charge is 0.357 e. The number of likely N-dealkylation sites (N-methyl/N-ethyl adjacent to an activating group) is 1. The minimum Gasteiger partial charge on any atom is -0.357 e. The highest BCUT2D eigenvalue weighted by molar-refractivity contribution is 14.0. The molecule has 0 aromatic heterocycles. The number of benzene rings is 1. The van der Waals surface area contributed by atoms with Crippen molar-refractivity contribution in [1.29, 1.82) is 0 Å². The van der Waals surface area contributed by atoms with Crippen molar-refractivity contribution in [3.8, 4) is 0 Å². The molecular weight excluding hydrogens is 475 g/mol. The first kappa shape index (κ1) is 26.1. The van der Waals surface area contributed by atoms with E-state index in [-0.39, 0.29) is 24.0 Å². The molecule has 0 fully saturated rings. The number of nitrogens with zero attached hydrogens (tertiary/aromatic N) is 2. The Morgan fingerprint density at radius 3 is 2.30 bits per heavy atom. The van der Waals surface area contributed by atoms with E-state index >= 15 is 0 Å². The smallest absolute Gasteiger partial charge is 0.191 e. The monoisotopic (exact) mass is 510 g/mol. The topological polar surface area (TPSA) is 73.8 Å². The van der Waals surface area contributed by atoms with Gasteiger partial charge in [-0.2, -0.15) is 0 Å². The van der Waals surface area contributed by atoms with Crippen LogP contribution in [0.4, 0.5) is 0 Å². The van der Waals surface area contributed by atoms with E-state index in [1.54, 1.807) is 6.07 Å². The molecule has 0 heterocycles. The van der Waals surface area contributed by atoms with Crippen molar-refractivity contribution in [2.45, 2.75) is 52.1 Å². The molecule has 0 saturated carbocycles. The number of hydrogen-bond acceptors (Lipinski definition) is 4. The highest BCUT2D eigenvalue weighted by Crippen LogP contribution is 2.17. The van der Waals surface area contributed by atoms with Crippen LogP contribution >= 0.6 is 24.0 Å². The maximum Gasteiger partial charge on any atom is 0.191 e. The first-order valence-corrected chi connectivity index (χ1v) is 11.2. The number of aliphatic imine (C=N–C) groups is 1. The Hall–Kier alpha value is -0.870. The number of aryl methyl sites for hydroxylation is 1. The second kappa shape index (κ2) is 12.6. The zero-order chi connectivity index (χ0) is 19.7. The van der Waals surface area contributed by atoms with Crippen molar-refractivity contribution >= 4 is 39.8 Å². The van der Waals surface area contributed by atoms with Crippen LogP contribution in [0.25, 0.3) is 0 Å². The Morgan fingerprint density at radius 2 is 1.81 bits per heavy atom. The number of rotatable bonds is 9. The summed E-state index contributed by atoms with van der Waals surface area (Å²) >= 11 is 0. The van der Waals surface area contributed by atoms with Gasteiger partial charge in [-0.1, -0.05) is 26.0 Å². The zero-order valence-electron chi connectivity index (χ0n) is 17.4. The van der Waals surface area contributed by atoms with Gasteiger partial charge in [0.15, 0.2) is 15.8 Å². The summed E-state index contributed by atoms with van der Waals surface area (Å²) in [5.74, 6) is 0.774. The summed E-state index contributed by atoms with van der Waals surface area (Å²) < 4.78 is 23.4. The van der Waals surface area contributed by atoms with E-state index in [9.17, 15) is 8.42 Å². The van der Waals surface area contributed by atoms with Crippen LogP contribution < -0.4 is 10.6 Å². The summed E-state index contributed by atoms with van der Waals surface area (Å²) in [6.45, 7) is 14.6. The molecule has 0 aliphatic carbocycles. The summed E-state index contributed by atoms with van der Waals surface area (Å²) in [6.07, 6.45) is 1.23. The van der Waals surface area contributed by atoms with Crippen molar-refractivity contribution in [3.05, 3.63) is 29.3 Å². The summed E-state index contributed by atoms with van der Waals surface area (Å²) in [5.41, 5.74) is 1.75. The summed E-state index contributed by atoms with van der Waals surface area (Å²) in [6, 6.07) is 5.81.